The normalized spacial score (nSPS) is 22.3. The monoisotopic (exact) mass is 911 g/mol. The van der Waals surface area contributed by atoms with Crippen LogP contribution in [-0.4, -0.2) is 98.3 Å². The maximum atomic E-state index is 12.8. The smallest absolute Gasteiger partial charge is 0.462 e. The Morgan fingerprint density at radius 1 is 0.492 bits per heavy atom. The maximum absolute atomic E-state index is 12.8. The number of unbranched alkanes of at least 4 members (excludes halogenated alkanes) is 14. The van der Waals surface area contributed by atoms with E-state index in [0.717, 1.165) is 128 Å². The average Bonchev–Trinajstić information content (AvgIpc) is 3.26. The van der Waals surface area contributed by atoms with Gasteiger partial charge < -0.3 is 39.9 Å². The molecule has 63 heavy (non-hydrogen) atoms. The third-order valence-corrected chi connectivity index (χ3v) is 11.5. The minimum Gasteiger partial charge on any atom is -0.462 e. The molecule has 1 rings (SSSR count). The van der Waals surface area contributed by atoms with Crippen LogP contribution in [0.15, 0.2) is 72.9 Å². The van der Waals surface area contributed by atoms with Crippen molar-refractivity contribution in [1.29, 1.82) is 0 Å². The highest BCUT2D eigenvalue weighted by Crippen LogP contribution is 2.47. The lowest BCUT2D eigenvalue weighted by atomic mass is 9.85. The van der Waals surface area contributed by atoms with Gasteiger partial charge in [-0.2, -0.15) is 0 Å². The van der Waals surface area contributed by atoms with Crippen molar-refractivity contribution in [2.75, 3.05) is 13.2 Å². The number of aliphatic hydroxyl groups excluding tert-OH is 5. The summed E-state index contributed by atoms with van der Waals surface area (Å²) in [4.78, 5) is 35.8. The van der Waals surface area contributed by atoms with Gasteiger partial charge in [0.2, 0.25) is 0 Å². The van der Waals surface area contributed by atoms with Crippen LogP contribution >= 0.6 is 7.82 Å². The first-order chi connectivity index (χ1) is 30.4. The SMILES string of the molecule is CC/C=C\C/C=C\C/C=C\CCCCCCCCCC(=O)OCC(COP(=O)(O)OC1C(O)C(O)C(O)C(O)C1O)OC(=O)CCCCCCCCC/C=C\C/C=C\C/C=C\CC. The molecule has 0 bridgehead atoms. The van der Waals surface area contributed by atoms with E-state index in [1.807, 2.05) is 0 Å². The number of phosphoric ester groups is 1. The third-order valence-electron chi connectivity index (χ3n) is 10.5. The number of hydrogen-bond acceptors (Lipinski definition) is 12. The number of esters is 2. The Morgan fingerprint density at radius 2 is 0.857 bits per heavy atom. The van der Waals surface area contributed by atoms with Gasteiger partial charge in [0.05, 0.1) is 6.61 Å². The van der Waals surface area contributed by atoms with Crippen molar-refractivity contribution >= 4 is 19.8 Å². The molecule has 0 spiro atoms. The summed E-state index contributed by atoms with van der Waals surface area (Å²) in [6.07, 6.45) is 35.2. The molecule has 0 aromatic rings. The minimum atomic E-state index is -5.13. The Bertz CT molecular complexity index is 1380. The van der Waals surface area contributed by atoms with Gasteiger partial charge in [0.25, 0.3) is 0 Å². The largest absolute Gasteiger partial charge is 0.472 e. The fraction of sp³-hybridized carbons (Fsp3) is 0.714. The number of phosphoric acid groups is 1. The van der Waals surface area contributed by atoms with Crippen LogP contribution < -0.4 is 0 Å². The number of allylic oxidation sites excluding steroid dienone is 12. The molecule has 0 amide bonds. The molecule has 13 nitrogen and oxygen atoms in total. The van der Waals surface area contributed by atoms with E-state index in [9.17, 15) is 44.6 Å². The lowest BCUT2D eigenvalue weighted by molar-refractivity contribution is -0.220. The molecule has 1 saturated carbocycles. The summed E-state index contributed by atoms with van der Waals surface area (Å²) in [7, 11) is -5.13. The molecule has 6 atom stereocenters. The molecule has 6 N–H and O–H groups in total. The van der Waals surface area contributed by atoms with Gasteiger partial charge in [-0.1, -0.05) is 151 Å². The molecule has 0 radical (unpaired) electrons. The van der Waals surface area contributed by atoms with E-state index in [-0.39, 0.29) is 12.8 Å². The van der Waals surface area contributed by atoms with Crippen LogP contribution in [0.1, 0.15) is 168 Å². The van der Waals surface area contributed by atoms with Crippen LogP contribution in [0.3, 0.4) is 0 Å². The van der Waals surface area contributed by atoms with Gasteiger partial charge in [0.1, 0.15) is 43.2 Å². The topological polar surface area (TPSA) is 210 Å². The van der Waals surface area contributed by atoms with Gasteiger partial charge in [-0.3, -0.25) is 18.6 Å². The first-order valence-electron chi connectivity index (χ1n) is 23.7. The van der Waals surface area contributed by atoms with E-state index in [0.29, 0.717) is 12.8 Å². The molecule has 0 heterocycles. The highest BCUT2D eigenvalue weighted by atomic mass is 31.2. The highest BCUT2D eigenvalue weighted by molar-refractivity contribution is 7.47. The molecule has 14 heteroatoms. The predicted octanol–water partition coefficient (Wildman–Crippen LogP) is 9.50. The highest BCUT2D eigenvalue weighted by Gasteiger charge is 2.51. The number of aliphatic hydroxyl groups is 5. The Kier molecular flexibility index (Phi) is 35.7. The Morgan fingerprint density at radius 3 is 1.30 bits per heavy atom. The third kappa shape index (κ3) is 31.0. The number of carbonyl (C=O) groups excluding carboxylic acids is 2. The van der Waals surface area contributed by atoms with Gasteiger partial charge in [-0.25, -0.2) is 4.57 Å². The number of rotatable bonds is 38. The van der Waals surface area contributed by atoms with E-state index >= 15 is 0 Å². The first kappa shape index (κ1) is 58.3. The lowest BCUT2D eigenvalue weighted by Crippen LogP contribution is -2.64. The summed E-state index contributed by atoms with van der Waals surface area (Å²) in [5.41, 5.74) is 0. The zero-order valence-corrected chi connectivity index (χ0v) is 39.2. The van der Waals surface area contributed by atoms with E-state index in [2.05, 4.69) is 86.8 Å². The molecule has 1 fully saturated rings. The lowest BCUT2D eigenvalue weighted by Gasteiger charge is -2.41. The first-order valence-corrected chi connectivity index (χ1v) is 25.2. The number of ether oxygens (including phenoxy) is 2. The van der Waals surface area contributed by atoms with E-state index < -0.39 is 75.7 Å². The summed E-state index contributed by atoms with van der Waals surface area (Å²) >= 11 is 0. The second-order valence-electron chi connectivity index (χ2n) is 16.2. The molecular formula is C49H83O13P. The molecule has 362 valence electrons. The van der Waals surface area contributed by atoms with E-state index in [1.165, 1.54) is 0 Å². The van der Waals surface area contributed by atoms with Gasteiger partial charge in [-0.05, 0) is 77.0 Å². The average molecular weight is 911 g/mol. The van der Waals surface area contributed by atoms with Gasteiger partial charge in [0, 0.05) is 12.8 Å². The van der Waals surface area contributed by atoms with Crippen molar-refractivity contribution < 1.29 is 63.1 Å². The zero-order valence-electron chi connectivity index (χ0n) is 38.3. The van der Waals surface area contributed by atoms with Gasteiger partial charge in [-0.15, -0.1) is 0 Å². The Balaban J connectivity index is 2.45. The fourth-order valence-corrected chi connectivity index (χ4v) is 7.76. The zero-order chi connectivity index (χ0) is 46.4. The predicted molar refractivity (Wildman–Crippen MR) is 249 cm³/mol. The Labute approximate surface area is 378 Å². The van der Waals surface area contributed by atoms with Crippen LogP contribution in [0.25, 0.3) is 0 Å². The van der Waals surface area contributed by atoms with Gasteiger partial charge >= 0.3 is 19.8 Å². The quantitative estimate of drug-likeness (QED) is 0.0148. The fourth-order valence-electron chi connectivity index (χ4n) is 6.79. The van der Waals surface area contributed by atoms with Crippen molar-refractivity contribution in [3.63, 3.8) is 0 Å². The summed E-state index contributed by atoms with van der Waals surface area (Å²) in [5, 5.41) is 50.2. The molecular weight excluding hydrogens is 827 g/mol. The molecule has 0 aromatic heterocycles. The number of hydrogen-bond donors (Lipinski definition) is 6. The second kappa shape index (κ2) is 38.5. The summed E-state index contributed by atoms with van der Waals surface area (Å²) < 4.78 is 33.6. The van der Waals surface area contributed by atoms with Crippen LogP contribution in [0.4, 0.5) is 0 Å². The van der Waals surface area contributed by atoms with E-state index in [1.54, 1.807) is 0 Å². The van der Waals surface area contributed by atoms with Crippen LogP contribution in [0, 0.1) is 0 Å². The van der Waals surface area contributed by atoms with Crippen LogP contribution in [-0.2, 0) is 32.7 Å². The number of carbonyl (C=O) groups is 2. The van der Waals surface area contributed by atoms with Crippen molar-refractivity contribution in [2.24, 2.45) is 0 Å². The molecule has 0 saturated heterocycles. The maximum Gasteiger partial charge on any atom is 0.472 e. The van der Waals surface area contributed by atoms with Gasteiger partial charge in [0.15, 0.2) is 6.10 Å². The van der Waals surface area contributed by atoms with Crippen molar-refractivity contribution in [1.82, 2.24) is 0 Å². The molecule has 0 aromatic carbocycles. The summed E-state index contributed by atoms with van der Waals surface area (Å²) in [5.74, 6) is -1.13. The molecule has 1 aliphatic carbocycles. The van der Waals surface area contributed by atoms with Crippen molar-refractivity contribution in [3.05, 3.63) is 72.9 Å². The second-order valence-corrected chi connectivity index (χ2v) is 17.6. The molecule has 1 aliphatic rings. The summed E-state index contributed by atoms with van der Waals surface area (Å²) in [6, 6.07) is 0. The van der Waals surface area contributed by atoms with Crippen molar-refractivity contribution in [2.45, 2.75) is 211 Å². The van der Waals surface area contributed by atoms with Crippen LogP contribution in [0.2, 0.25) is 0 Å². The van der Waals surface area contributed by atoms with Crippen molar-refractivity contribution in [3.8, 4) is 0 Å². The Hall–Kier alpha value is -2.71. The minimum absolute atomic E-state index is 0.0795. The molecule has 6 unspecified atom stereocenters. The molecule has 0 aliphatic heterocycles. The van der Waals surface area contributed by atoms with E-state index in [4.69, 9.17) is 18.5 Å². The standard InChI is InChI=1S/C49H83O13P/c1-3-5-7-9-11-13-15-17-19-21-23-25-27-29-31-33-35-37-42(50)59-39-41(40-60-63(57,58)62-49-47(55)45(53)44(52)46(54)48(49)56)61-43(51)38-36-34-32-30-28-26-24-22-20-18-16-14-12-10-8-6-4-2/h5-8,11-14,17-20,41,44-49,52-56H,3-4,9-10,15-16,21-40H2,1-2H3,(H,57,58)/b7-5-,8-6-,13-11-,14-12-,19-17-,20-18-. The summed E-state index contributed by atoms with van der Waals surface area (Å²) in [6.45, 7) is 3.06. The van der Waals surface area contributed by atoms with Crippen LogP contribution in [0.5, 0.6) is 0 Å².